The maximum Gasteiger partial charge on any atom is 0.320 e. The summed E-state index contributed by atoms with van der Waals surface area (Å²) in [5, 5.41) is 10.6. The number of nitrogens with one attached hydrogen (secondary N) is 1. The smallest absolute Gasteiger partial charge is 0.320 e. The summed E-state index contributed by atoms with van der Waals surface area (Å²) in [4.78, 5) is 0. The molecule has 106 valence electrons. The Hall–Kier alpha value is -2.53. The van der Waals surface area contributed by atoms with Gasteiger partial charge in [0.05, 0.1) is 0 Å². The van der Waals surface area contributed by atoms with E-state index in [2.05, 4.69) is 15.5 Å². The molecule has 0 aliphatic heterocycles. The van der Waals surface area contributed by atoms with Gasteiger partial charge < -0.3 is 14.5 Å². The Morgan fingerprint density at radius 1 is 0.952 bits per heavy atom. The van der Waals surface area contributed by atoms with Crippen molar-refractivity contribution in [2.45, 2.75) is 5.88 Å². The van der Waals surface area contributed by atoms with Gasteiger partial charge in [0.2, 0.25) is 5.89 Å². The lowest BCUT2D eigenvalue weighted by molar-refractivity contribution is 0.482. The quantitative estimate of drug-likeness (QED) is 0.710. The van der Waals surface area contributed by atoms with Crippen molar-refractivity contribution in [1.29, 1.82) is 0 Å². The summed E-state index contributed by atoms with van der Waals surface area (Å²) >= 11 is 5.60. The molecule has 0 aliphatic carbocycles. The normalized spacial score (nSPS) is 10.3. The summed E-state index contributed by atoms with van der Waals surface area (Å²) in [5.74, 6) is 2.11. The molecule has 2 aromatic carbocycles. The number of aromatic nitrogens is 2. The molecule has 1 aromatic heterocycles. The molecular formula is C15H12ClN3O2. The van der Waals surface area contributed by atoms with Crippen LogP contribution in [0.3, 0.4) is 0 Å². The third kappa shape index (κ3) is 3.52. The molecule has 0 amide bonds. The van der Waals surface area contributed by atoms with Crippen molar-refractivity contribution in [3.05, 3.63) is 60.5 Å². The molecule has 0 saturated heterocycles. The summed E-state index contributed by atoms with van der Waals surface area (Å²) in [6.07, 6.45) is 0. The summed E-state index contributed by atoms with van der Waals surface area (Å²) in [7, 11) is 0. The van der Waals surface area contributed by atoms with Crippen molar-refractivity contribution >= 4 is 23.3 Å². The zero-order valence-electron chi connectivity index (χ0n) is 11.0. The van der Waals surface area contributed by atoms with Crippen LogP contribution in [0.4, 0.5) is 11.7 Å². The van der Waals surface area contributed by atoms with E-state index in [1.54, 1.807) is 0 Å². The Kier molecular flexibility index (Phi) is 4.02. The van der Waals surface area contributed by atoms with E-state index in [-0.39, 0.29) is 5.88 Å². The lowest BCUT2D eigenvalue weighted by atomic mass is 10.3. The maximum absolute atomic E-state index is 5.71. The number of benzene rings is 2. The first kappa shape index (κ1) is 13.5. The Morgan fingerprint density at radius 2 is 1.67 bits per heavy atom. The number of hydrogen-bond acceptors (Lipinski definition) is 5. The van der Waals surface area contributed by atoms with Gasteiger partial charge in [-0.2, -0.15) is 0 Å². The molecule has 3 aromatic rings. The average molecular weight is 302 g/mol. The molecule has 0 unspecified atom stereocenters. The number of para-hydroxylation sites is 1. The standard InChI is InChI=1S/C15H12ClN3O2/c16-10-14-18-19-15(21-14)17-11-6-8-13(9-7-11)20-12-4-2-1-3-5-12/h1-9H,10H2,(H,17,19). The summed E-state index contributed by atoms with van der Waals surface area (Å²) in [5.41, 5.74) is 0.820. The highest BCUT2D eigenvalue weighted by Gasteiger charge is 2.05. The fourth-order valence-corrected chi connectivity index (χ4v) is 1.82. The summed E-state index contributed by atoms with van der Waals surface area (Å²) in [6, 6.07) is 17.3. The highest BCUT2D eigenvalue weighted by Crippen LogP contribution is 2.24. The van der Waals surface area contributed by atoms with Gasteiger partial charge in [-0.25, -0.2) is 0 Å². The van der Waals surface area contributed by atoms with E-state index in [1.165, 1.54) is 0 Å². The average Bonchev–Trinajstić information content (AvgIpc) is 2.98. The molecule has 21 heavy (non-hydrogen) atoms. The largest absolute Gasteiger partial charge is 0.457 e. The van der Waals surface area contributed by atoms with Crippen molar-refractivity contribution in [2.24, 2.45) is 0 Å². The van der Waals surface area contributed by atoms with Crippen molar-refractivity contribution < 1.29 is 9.15 Å². The van der Waals surface area contributed by atoms with Crippen LogP contribution in [-0.4, -0.2) is 10.2 Å². The van der Waals surface area contributed by atoms with Crippen LogP contribution < -0.4 is 10.1 Å². The van der Waals surface area contributed by atoms with E-state index in [0.29, 0.717) is 11.9 Å². The highest BCUT2D eigenvalue weighted by atomic mass is 35.5. The van der Waals surface area contributed by atoms with E-state index >= 15 is 0 Å². The van der Waals surface area contributed by atoms with Crippen LogP contribution in [0.5, 0.6) is 11.5 Å². The zero-order chi connectivity index (χ0) is 14.5. The van der Waals surface area contributed by atoms with Crippen LogP contribution in [-0.2, 0) is 5.88 Å². The van der Waals surface area contributed by atoms with Gasteiger partial charge in [-0.3, -0.25) is 0 Å². The van der Waals surface area contributed by atoms with E-state index in [9.17, 15) is 0 Å². The predicted molar refractivity (Wildman–Crippen MR) is 80.1 cm³/mol. The Bertz CT molecular complexity index is 698. The van der Waals surface area contributed by atoms with Crippen LogP contribution in [0, 0.1) is 0 Å². The van der Waals surface area contributed by atoms with E-state index in [0.717, 1.165) is 17.2 Å². The first-order valence-corrected chi connectivity index (χ1v) is 6.85. The summed E-state index contributed by atoms with van der Waals surface area (Å²) in [6.45, 7) is 0. The fraction of sp³-hybridized carbons (Fsp3) is 0.0667. The highest BCUT2D eigenvalue weighted by molar-refractivity contribution is 6.16. The molecular weight excluding hydrogens is 290 g/mol. The van der Waals surface area contributed by atoms with E-state index in [1.807, 2.05) is 54.6 Å². The molecule has 0 atom stereocenters. The van der Waals surface area contributed by atoms with Crippen molar-refractivity contribution in [2.75, 3.05) is 5.32 Å². The van der Waals surface area contributed by atoms with Gasteiger partial charge in [0, 0.05) is 5.69 Å². The second-order valence-electron chi connectivity index (χ2n) is 4.20. The lowest BCUT2D eigenvalue weighted by Gasteiger charge is -2.06. The molecule has 5 nitrogen and oxygen atoms in total. The minimum Gasteiger partial charge on any atom is -0.457 e. The molecule has 1 heterocycles. The van der Waals surface area contributed by atoms with Gasteiger partial charge >= 0.3 is 6.01 Å². The van der Waals surface area contributed by atoms with Gasteiger partial charge in [-0.05, 0) is 36.4 Å². The van der Waals surface area contributed by atoms with Gasteiger partial charge in [-0.1, -0.05) is 23.3 Å². The number of hydrogen-bond donors (Lipinski definition) is 1. The summed E-state index contributed by atoms with van der Waals surface area (Å²) < 4.78 is 11.0. The van der Waals surface area contributed by atoms with Crippen LogP contribution in [0.2, 0.25) is 0 Å². The lowest BCUT2D eigenvalue weighted by Crippen LogP contribution is -1.90. The SMILES string of the molecule is ClCc1nnc(Nc2ccc(Oc3ccccc3)cc2)o1. The van der Waals surface area contributed by atoms with E-state index in [4.69, 9.17) is 20.8 Å². The number of alkyl halides is 1. The topological polar surface area (TPSA) is 60.2 Å². The molecule has 1 N–H and O–H groups in total. The van der Waals surface area contributed by atoms with Crippen molar-refractivity contribution in [3.8, 4) is 11.5 Å². The fourth-order valence-electron chi connectivity index (χ4n) is 1.71. The number of ether oxygens (including phenoxy) is 1. The second kappa shape index (κ2) is 6.28. The number of anilines is 2. The van der Waals surface area contributed by atoms with Gasteiger partial charge in [-0.15, -0.1) is 16.7 Å². The van der Waals surface area contributed by atoms with Crippen molar-refractivity contribution in [1.82, 2.24) is 10.2 Å². The van der Waals surface area contributed by atoms with Crippen LogP contribution in [0.15, 0.2) is 59.0 Å². The number of rotatable bonds is 5. The van der Waals surface area contributed by atoms with Crippen molar-refractivity contribution in [3.63, 3.8) is 0 Å². The molecule has 0 radical (unpaired) electrons. The molecule has 0 fully saturated rings. The van der Waals surface area contributed by atoms with Gasteiger partial charge in [0.1, 0.15) is 17.4 Å². The maximum atomic E-state index is 5.71. The van der Waals surface area contributed by atoms with Crippen LogP contribution in [0.1, 0.15) is 5.89 Å². The molecule has 0 spiro atoms. The number of halogens is 1. The molecule has 6 heteroatoms. The number of nitrogens with zero attached hydrogens (tertiary/aromatic N) is 2. The molecule has 3 rings (SSSR count). The Labute approximate surface area is 126 Å². The third-order valence-corrected chi connectivity index (χ3v) is 2.89. The molecule has 0 saturated carbocycles. The second-order valence-corrected chi connectivity index (χ2v) is 4.47. The minimum atomic E-state index is 0.193. The first-order valence-electron chi connectivity index (χ1n) is 6.32. The molecule has 0 aliphatic rings. The third-order valence-electron chi connectivity index (χ3n) is 2.67. The van der Waals surface area contributed by atoms with Gasteiger partial charge in [0.15, 0.2) is 0 Å². The van der Waals surface area contributed by atoms with Gasteiger partial charge in [0.25, 0.3) is 0 Å². The predicted octanol–water partition coefficient (Wildman–Crippen LogP) is 4.34. The van der Waals surface area contributed by atoms with Crippen LogP contribution in [0.25, 0.3) is 0 Å². The zero-order valence-corrected chi connectivity index (χ0v) is 11.7. The first-order chi connectivity index (χ1) is 10.3. The van der Waals surface area contributed by atoms with E-state index < -0.39 is 0 Å². The Morgan fingerprint density at radius 3 is 2.33 bits per heavy atom. The monoisotopic (exact) mass is 301 g/mol. The molecule has 0 bridgehead atoms. The van der Waals surface area contributed by atoms with Crippen LogP contribution >= 0.6 is 11.6 Å². The Balaban J connectivity index is 1.66. The minimum absolute atomic E-state index is 0.193.